The molecular weight excluding hydrogens is 1130 g/mol. The Bertz CT molecular complexity index is 5240. The molecule has 13 aromatic carbocycles. The molecule has 0 aliphatic heterocycles. The second-order valence-corrected chi connectivity index (χ2v) is 28.5. The van der Waals surface area contributed by atoms with Gasteiger partial charge in [0.1, 0.15) is 22.3 Å². The van der Waals surface area contributed by atoms with Crippen molar-refractivity contribution in [2.24, 2.45) is 0 Å². The highest BCUT2D eigenvalue weighted by Crippen LogP contribution is 2.69. The second kappa shape index (κ2) is 18.9. The maximum absolute atomic E-state index is 7.34. The zero-order valence-corrected chi connectivity index (χ0v) is 53.3. The van der Waals surface area contributed by atoms with Crippen molar-refractivity contribution in [2.75, 3.05) is 4.90 Å². The van der Waals surface area contributed by atoms with Crippen LogP contribution < -0.4 is 4.90 Å². The molecule has 2 aromatic heterocycles. The lowest BCUT2D eigenvalue weighted by molar-refractivity contribution is 0.590. The molecule has 4 aliphatic carbocycles. The molecule has 19 rings (SSSR count). The van der Waals surface area contributed by atoms with E-state index in [4.69, 9.17) is 8.83 Å². The Morgan fingerprint density at radius 2 is 0.634 bits per heavy atom. The minimum absolute atomic E-state index is 0.0383. The van der Waals surface area contributed by atoms with Gasteiger partial charge < -0.3 is 13.7 Å². The molecule has 444 valence electrons. The molecule has 0 unspecified atom stereocenters. The molecule has 0 fully saturated rings. The molecule has 4 aliphatic rings. The molecule has 0 radical (unpaired) electrons. The topological polar surface area (TPSA) is 29.5 Å². The Morgan fingerprint density at radius 3 is 1.02 bits per heavy atom. The highest BCUT2D eigenvalue weighted by Gasteiger charge is 2.56. The number of hydrogen-bond donors (Lipinski definition) is 0. The Hall–Kier alpha value is -10.7. The second-order valence-electron chi connectivity index (χ2n) is 28.5. The summed E-state index contributed by atoms with van der Waals surface area (Å²) in [5, 5.41) is 4.62. The van der Waals surface area contributed by atoms with E-state index in [-0.39, 0.29) is 5.41 Å². The minimum atomic E-state index is -0.651. The van der Waals surface area contributed by atoms with E-state index >= 15 is 0 Å². The van der Waals surface area contributed by atoms with Gasteiger partial charge in [-0.15, -0.1) is 0 Å². The lowest BCUT2D eigenvalue weighted by Crippen LogP contribution is -2.32. The molecule has 3 nitrogen and oxygen atoms in total. The molecule has 0 saturated carbocycles. The Balaban J connectivity index is 0.867. The molecule has 0 atom stereocenters. The van der Waals surface area contributed by atoms with Crippen LogP contribution in [-0.4, -0.2) is 0 Å². The van der Waals surface area contributed by atoms with Gasteiger partial charge in [0.15, 0.2) is 0 Å². The molecule has 0 spiro atoms. The molecule has 0 N–H and O–H groups in total. The highest BCUT2D eigenvalue weighted by atomic mass is 16.3. The number of nitrogens with zero attached hydrogens (tertiary/aromatic N) is 1. The van der Waals surface area contributed by atoms with Crippen LogP contribution in [0.3, 0.4) is 0 Å². The number of furan rings is 2. The van der Waals surface area contributed by atoms with Gasteiger partial charge in [-0.2, -0.15) is 0 Å². The summed E-state index contributed by atoms with van der Waals surface area (Å²) in [6.07, 6.45) is 0. The van der Waals surface area contributed by atoms with Crippen molar-refractivity contribution in [3.8, 4) is 44.5 Å². The predicted molar refractivity (Wildman–Crippen MR) is 384 cm³/mol. The van der Waals surface area contributed by atoms with Crippen LogP contribution in [0.5, 0.6) is 0 Å². The lowest BCUT2D eigenvalue weighted by Gasteiger charge is -2.38. The largest absolute Gasteiger partial charge is 0.455 e. The van der Waals surface area contributed by atoms with Crippen molar-refractivity contribution in [1.82, 2.24) is 0 Å². The molecule has 2 heterocycles. The first-order valence-electron chi connectivity index (χ1n) is 33.0. The predicted octanol–water partition coefficient (Wildman–Crippen LogP) is 23.6. The van der Waals surface area contributed by atoms with Crippen molar-refractivity contribution in [1.29, 1.82) is 0 Å². The number of fused-ring (bicyclic) bond motifs is 24. The fourth-order valence-corrected chi connectivity index (χ4v) is 18.2. The highest BCUT2D eigenvalue weighted by molar-refractivity contribution is 6.23. The van der Waals surface area contributed by atoms with Crippen LogP contribution in [-0.2, 0) is 27.1 Å². The number of hydrogen-bond acceptors (Lipinski definition) is 3. The summed E-state index contributed by atoms with van der Waals surface area (Å²) >= 11 is 0. The fraction of sp³-hybridized carbons (Fsp3) is 0.133. The minimum Gasteiger partial charge on any atom is -0.455 e. The van der Waals surface area contributed by atoms with Crippen molar-refractivity contribution in [3.05, 3.63) is 351 Å². The van der Waals surface area contributed by atoms with Gasteiger partial charge in [-0.1, -0.05) is 279 Å². The van der Waals surface area contributed by atoms with Crippen LogP contribution in [0.2, 0.25) is 0 Å². The van der Waals surface area contributed by atoms with Gasteiger partial charge in [-0.25, -0.2) is 0 Å². The van der Waals surface area contributed by atoms with Crippen LogP contribution in [0.4, 0.5) is 17.1 Å². The third kappa shape index (κ3) is 6.94. The summed E-state index contributed by atoms with van der Waals surface area (Å²) in [5.74, 6) is 0. The van der Waals surface area contributed by atoms with E-state index < -0.39 is 21.7 Å². The molecule has 0 saturated heterocycles. The smallest absolute Gasteiger partial charge is 0.144 e. The third-order valence-corrected chi connectivity index (χ3v) is 22.1. The van der Waals surface area contributed by atoms with Gasteiger partial charge in [-0.3, -0.25) is 0 Å². The van der Waals surface area contributed by atoms with E-state index in [0.717, 1.165) is 50.2 Å². The van der Waals surface area contributed by atoms with E-state index in [1.807, 2.05) is 0 Å². The van der Waals surface area contributed by atoms with Gasteiger partial charge in [0, 0.05) is 60.6 Å². The van der Waals surface area contributed by atoms with Gasteiger partial charge in [0.2, 0.25) is 0 Å². The van der Waals surface area contributed by atoms with Crippen LogP contribution in [0, 0.1) is 0 Å². The van der Waals surface area contributed by atoms with E-state index in [0.29, 0.717) is 0 Å². The Kier molecular flexibility index (Phi) is 11.0. The summed E-state index contributed by atoms with van der Waals surface area (Å²) in [4.78, 5) is 2.52. The molecule has 0 amide bonds. The first-order chi connectivity index (χ1) is 45.3. The molecule has 3 heteroatoms. The van der Waals surface area contributed by atoms with E-state index in [1.54, 1.807) is 0 Å². The van der Waals surface area contributed by atoms with Gasteiger partial charge in [0.05, 0.1) is 10.8 Å². The summed E-state index contributed by atoms with van der Waals surface area (Å²) in [6.45, 7) is 16.8. The van der Waals surface area contributed by atoms with E-state index in [1.165, 1.54) is 128 Å². The number of anilines is 3. The van der Waals surface area contributed by atoms with Crippen LogP contribution in [0.1, 0.15) is 121 Å². The molecule has 0 bridgehead atoms. The first kappa shape index (κ1) is 54.0. The maximum Gasteiger partial charge on any atom is 0.144 e. The lowest BCUT2D eigenvalue weighted by atomic mass is 9.63. The number of rotatable bonds is 7. The monoisotopic (exact) mass is 1190 g/mol. The normalized spacial score (nSPS) is 15.4. The quantitative estimate of drug-likeness (QED) is 0.159. The Morgan fingerprint density at radius 1 is 0.301 bits per heavy atom. The van der Waals surface area contributed by atoms with Crippen LogP contribution >= 0.6 is 0 Å². The molecule has 93 heavy (non-hydrogen) atoms. The standard InChI is InChI=1S/C90H67NO2/c1-86(2,3)54-44-46-59(47-45-54)91(60-48-50-64-70(52-60)87(4,5)80-78(64)84-76(66-38-22-26-42-72(66)92-84)74-62-36-20-24-40-68(62)89(82(74)80,55-28-12-8-13-29-55)56-30-14-9-15-31-56)61-49-51-65-71(53-61)88(6,7)81-79(65)85-77(67-39-23-27-43-73(67)93-85)75-63-37-21-25-41-69(63)90(83(75)81,57-32-16-10-17-33-57)58-34-18-11-19-35-58/h8-53H,1-7H3. The van der Waals surface area contributed by atoms with Crippen LogP contribution in [0.15, 0.2) is 288 Å². The average molecular weight is 1190 g/mol. The fourth-order valence-electron chi connectivity index (χ4n) is 18.2. The van der Waals surface area contributed by atoms with Crippen molar-refractivity contribution >= 4 is 60.9 Å². The van der Waals surface area contributed by atoms with Crippen LogP contribution in [0.25, 0.3) is 88.4 Å². The first-order valence-corrected chi connectivity index (χ1v) is 33.0. The van der Waals surface area contributed by atoms with E-state index in [2.05, 4.69) is 332 Å². The molecule has 15 aromatic rings. The summed E-state index contributed by atoms with van der Waals surface area (Å²) in [5.41, 5.74) is 31.1. The van der Waals surface area contributed by atoms with Gasteiger partial charge in [0.25, 0.3) is 0 Å². The summed E-state index contributed by atoms with van der Waals surface area (Å²) < 4.78 is 14.7. The SMILES string of the molecule is CC(C)(C)c1ccc(N(c2ccc3c(c2)C(C)(C)c2c4c(c5c(oc6ccccc65)c2-3)-c2ccccc2C4(c2ccccc2)c2ccccc2)c2ccc3c(c2)C(C)(C)c2c4c(c5c(oc6ccccc65)c2-3)-c2ccccc2C4(c2ccccc2)c2ccccc2)cc1. The summed E-state index contributed by atoms with van der Waals surface area (Å²) in [7, 11) is 0. The van der Waals surface area contributed by atoms with Gasteiger partial charge in [-0.05, 0) is 160 Å². The Labute approximate surface area is 542 Å². The van der Waals surface area contributed by atoms with Crippen molar-refractivity contribution < 1.29 is 8.83 Å². The maximum atomic E-state index is 7.34. The zero-order valence-electron chi connectivity index (χ0n) is 53.3. The molecular formula is C90H67NO2. The average Bonchev–Trinajstić information content (AvgIpc) is 1.50. The van der Waals surface area contributed by atoms with Crippen molar-refractivity contribution in [3.63, 3.8) is 0 Å². The zero-order chi connectivity index (χ0) is 62.5. The van der Waals surface area contributed by atoms with Crippen molar-refractivity contribution in [2.45, 2.75) is 75.5 Å². The third-order valence-electron chi connectivity index (χ3n) is 22.1. The number of benzene rings is 13. The van der Waals surface area contributed by atoms with Gasteiger partial charge >= 0.3 is 0 Å². The summed E-state index contributed by atoms with van der Waals surface area (Å²) in [6, 6.07) is 105. The number of para-hydroxylation sites is 2. The van der Waals surface area contributed by atoms with E-state index in [9.17, 15) is 0 Å².